The predicted octanol–water partition coefficient (Wildman–Crippen LogP) is 5.20. The van der Waals surface area contributed by atoms with E-state index in [9.17, 15) is 4.79 Å². The molecule has 0 radical (unpaired) electrons. The fourth-order valence-electron chi connectivity index (χ4n) is 2.45. The number of hydrogen-bond donors (Lipinski definition) is 1. The first-order chi connectivity index (χ1) is 11.2. The zero-order valence-corrected chi connectivity index (χ0v) is 14.2. The number of unbranched alkanes of at least 4 members (excludes halogenated alkanes) is 5. The van der Waals surface area contributed by atoms with Gasteiger partial charge in [-0.3, -0.25) is 0 Å². The van der Waals surface area contributed by atoms with Crippen LogP contribution in [0.5, 0.6) is 0 Å². The van der Waals surface area contributed by atoms with Crippen LogP contribution in [-0.2, 0) is 9.53 Å². The lowest BCUT2D eigenvalue weighted by Crippen LogP contribution is -1.92. The van der Waals surface area contributed by atoms with Gasteiger partial charge in [-0.1, -0.05) is 88.0 Å². The summed E-state index contributed by atoms with van der Waals surface area (Å²) in [6.07, 6.45) is 25.2. The SMILES string of the molecule is CCCCCCCCC1OC1CC=CC=CC=CC=CC(=O)O. The first kappa shape index (κ1) is 19.4. The smallest absolute Gasteiger partial charge is 0.328 e. The van der Waals surface area contributed by atoms with Gasteiger partial charge in [-0.15, -0.1) is 0 Å². The molecule has 128 valence electrons. The number of carbonyl (C=O) groups is 1. The number of ether oxygens (including phenoxy) is 1. The molecule has 1 N–H and O–H groups in total. The van der Waals surface area contributed by atoms with Gasteiger partial charge in [0, 0.05) is 6.08 Å². The van der Waals surface area contributed by atoms with Gasteiger partial charge in [0.05, 0.1) is 12.2 Å². The molecule has 1 aliphatic rings. The second-order valence-electron chi connectivity index (χ2n) is 5.90. The molecular weight excluding hydrogens is 288 g/mol. The van der Waals surface area contributed by atoms with Crippen LogP contribution in [0.4, 0.5) is 0 Å². The highest BCUT2D eigenvalue weighted by molar-refractivity contribution is 5.80. The number of carboxylic acids is 1. The molecule has 0 bridgehead atoms. The monoisotopic (exact) mass is 318 g/mol. The Morgan fingerprint density at radius 3 is 2.30 bits per heavy atom. The predicted molar refractivity (Wildman–Crippen MR) is 95.5 cm³/mol. The van der Waals surface area contributed by atoms with Crippen molar-refractivity contribution in [2.24, 2.45) is 0 Å². The summed E-state index contributed by atoms with van der Waals surface area (Å²) in [6.45, 7) is 2.25. The molecule has 0 aromatic rings. The Bertz CT molecular complexity index is 432. The fourth-order valence-corrected chi connectivity index (χ4v) is 2.45. The molecule has 0 aromatic heterocycles. The summed E-state index contributed by atoms with van der Waals surface area (Å²) in [5, 5.41) is 8.41. The summed E-state index contributed by atoms with van der Waals surface area (Å²) in [7, 11) is 0. The lowest BCUT2D eigenvalue weighted by molar-refractivity contribution is -0.131. The van der Waals surface area contributed by atoms with E-state index in [-0.39, 0.29) is 0 Å². The van der Waals surface area contributed by atoms with Crippen LogP contribution in [0.3, 0.4) is 0 Å². The molecule has 1 rings (SSSR count). The summed E-state index contributed by atoms with van der Waals surface area (Å²) in [6, 6.07) is 0. The molecule has 3 nitrogen and oxygen atoms in total. The van der Waals surface area contributed by atoms with E-state index >= 15 is 0 Å². The van der Waals surface area contributed by atoms with Crippen LogP contribution in [0.2, 0.25) is 0 Å². The number of aliphatic carboxylic acids is 1. The summed E-state index contributed by atoms with van der Waals surface area (Å²) in [5.74, 6) is -0.932. The van der Waals surface area contributed by atoms with Gasteiger partial charge in [0.25, 0.3) is 0 Å². The van der Waals surface area contributed by atoms with Gasteiger partial charge in [-0.25, -0.2) is 4.79 Å². The number of allylic oxidation sites excluding steroid dienone is 6. The van der Waals surface area contributed by atoms with E-state index in [2.05, 4.69) is 13.0 Å². The van der Waals surface area contributed by atoms with Crippen molar-refractivity contribution >= 4 is 5.97 Å². The van der Waals surface area contributed by atoms with Gasteiger partial charge >= 0.3 is 5.97 Å². The molecule has 0 spiro atoms. The summed E-state index contributed by atoms with van der Waals surface area (Å²) in [5.41, 5.74) is 0. The minimum atomic E-state index is -0.932. The van der Waals surface area contributed by atoms with Crippen molar-refractivity contribution in [1.29, 1.82) is 0 Å². The maximum atomic E-state index is 10.2. The van der Waals surface area contributed by atoms with Crippen molar-refractivity contribution < 1.29 is 14.6 Å². The van der Waals surface area contributed by atoms with Crippen molar-refractivity contribution in [3.8, 4) is 0 Å². The number of rotatable bonds is 13. The van der Waals surface area contributed by atoms with E-state index in [0.717, 1.165) is 12.5 Å². The molecule has 0 aliphatic carbocycles. The van der Waals surface area contributed by atoms with E-state index in [0.29, 0.717) is 12.2 Å². The zero-order valence-electron chi connectivity index (χ0n) is 14.2. The van der Waals surface area contributed by atoms with E-state index in [1.807, 2.05) is 18.2 Å². The van der Waals surface area contributed by atoms with Crippen LogP contribution in [-0.4, -0.2) is 23.3 Å². The highest BCUT2D eigenvalue weighted by Crippen LogP contribution is 2.30. The van der Waals surface area contributed by atoms with Crippen LogP contribution in [0.1, 0.15) is 58.3 Å². The summed E-state index contributed by atoms with van der Waals surface area (Å²) < 4.78 is 5.67. The lowest BCUT2D eigenvalue weighted by atomic mass is 10.1. The van der Waals surface area contributed by atoms with Crippen molar-refractivity contribution in [2.75, 3.05) is 0 Å². The van der Waals surface area contributed by atoms with Crippen LogP contribution in [0, 0.1) is 0 Å². The third-order valence-electron chi connectivity index (χ3n) is 3.83. The minimum Gasteiger partial charge on any atom is -0.478 e. The molecule has 2 atom stereocenters. The fraction of sp³-hybridized carbons (Fsp3) is 0.550. The molecule has 1 saturated heterocycles. The van der Waals surface area contributed by atoms with E-state index in [1.54, 1.807) is 12.2 Å². The Balaban J connectivity index is 1.97. The van der Waals surface area contributed by atoms with Crippen molar-refractivity contribution in [2.45, 2.75) is 70.5 Å². The second kappa shape index (κ2) is 12.9. The molecule has 1 heterocycles. The van der Waals surface area contributed by atoms with Gasteiger partial charge in [0.2, 0.25) is 0 Å². The van der Waals surface area contributed by atoms with Gasteiger partial charge in [0.1, 0.15) is 0 Å². The average molecular weight is 318 g/mol. The number of epoxide rings is 1. The van der Waals surface area contributed by atoms with Gasteiger partial charge < -0.3 is 9.84 Å². The molecule has 3 heteroatoms. The molecule has 0 amide bonds. The first-order valence-electron chi connectivity index (χ1n) is 8.79. The Kier molecular flexibility index (Phi) is 10.9. The third kappa shape index (κ3) is 11.6. The van der Waals surface area contributed by atoms with Crippen molar-refractivity contribution in [3.05, 3.63) is 48.6 Å². The molecule has 1 fully saturated rings. The molecule has 1 aliphatic heterocycles. The second-order valence-corrected chi connectivity index (χ2v) is 5.90. The van der Waals surface area contributed by atoms with Gasteiger partial charge in [-0.05, 0) is 12.8 Å². The summed E-state index contributed by atoms with van der Waals surface area (Å²) >= 11 is 0. The Labute approximate surface area is 140 Å². The minimum absolute atomic E-state index is 0.421. The average Bonchev–Trinajstić information content (AvgIpc) is 3.27. The number of hydrogen-bond acceptors (Lipinski definition) is 2. The standard InChI is InChI=1S/C20H30O3/c1-2-3-4-5-9-12-15-18-19(23-18)16-13-10-7-6-8-11-14-17-20(21)22/h6-8,10-11,13-14,17-19H,2-5,9,12,15-16H2,1H3,(H,21,22). The van der Waals surface area contributed by atoms with E-state index < -0.39 is 5.97 Å². The van der Waals surface area contributed by atoms with Crippen LogP contribution >= 0.6 is 0 Å². The summed E-state index contributed by atoms with van der Waals surface area (Å²) in [4.78, 5) is 10.2. The Morgan fingerprint density at radius 2 is 1.57 bits per heavy atom. The van der Waals surface area contributed by atoms with Gasteiger partial charge in [-0.2, -0.15) is 0 Å². The maximum Gasteiger partial charge on any atom is 0.328 e. The highest BCUT2D eigenvalue weighted by atomic mass is 16.6. The molecular formula is C20H30O3. The van der Waals surface area contributed by atoms with Crippen molar-refractivity contribution in [1.82, 2.24) is 0 Å². The van der Waals surface area contributed by atoms with Gasteiger partial charge in [0.15, 0.2) is 0 Å². The number of carboxylic acid groups (broad SMARTS) is 1. The third-order valence-corrected chi connectivity index (χ3v) is 3.83. The molecule has 23 heavy (non-hydrogen) atoms. The van der Waals surface area contributed by atoms with Crippen LogP contribution in [0.25, 0.3) is 0 Å². The molecule has 0 saturated carbocycles. The quantitative estimate of drug-likeness (QED) is 0.220. The highest BCUT2D eigenvalue weighted by Gasteiger charge is 2.36. The largest absolute Gasteiger partial charge is 0.478 e. The normalized spacial score (nSPS) is 21.3. The maximum absolute atomic E-state index is 10.2. The Morgan fingerprint density at radius 1 is 0.913 bits per heavy atom. The topological polar surface area (TPSA) is 49.8 Å². The van der Waals surface area contributed by atoms with Crippen molar-refractivity contribution in [3.63, 3.8) is 0 Å². The van der Waals surface area contributed by atoms with Crippen LogP contribution < -0.4 is 0 Å². The first-order valence-corrected chi connectivity index (χ1v) is 8.79. The molecule has 2 unspecified atom stereocenters. The lowest BCUT2D eigenvalue weighted by Gasteiger charge is -1.98. The molecule has 0 aromatic carbocycles. The van der Waals surface area contributed by atoms with E-state index in [1.165, 1.54) is 51.0 Å². The Hall–Kier alpha value is -1.61. The zero-order chi connectivity index (χ0) is 16.8. The van der Waals surface area contributed by atoms with Crippen LogP contribution in [0.15, 0.2) is 48.6 Å². The van der Waals surface area contributed by atoms with E-state index in [4.69, 9.17) is 9.84 Å².